The highest BCUT2D eigenvalue weighted by atomic mass is 35.5. The Hall–Kier alpha value is -2.34. The zero-order valence-corrected chi connectivity index (χ0v) is 21.8. The maximum Gasteiger partial charge on any atom is 0.410 e. The van der Waals surface area contributed by atoms with Crippen LogP contribution < -0.4 is 15.4 Å². The van der Waals surface area contributed by atoms with Gasteiger partial charge in [0.25, 0.3) is 5.91 Å². The number of hydrogen-bond donors (Lipinski definition) is 3. The molecule has 3 amide bonds. The summed E-state index contributed by atoms with van der Waals surface area (Å²) in [5.41, 5.74) is 0.545. The summed E-state index contributed by atoms with van der Waals surface area (Å²) in [4.78, 5) is 40.0. The lowest BCUT2D eigenvalue weighted by atomic mass is 10.1. The van der Waals surface area contributed by atoms with Crippen LogP contribution in [0.2, 0.25) is 5.02 Å². The summed E-state index contributed by atoms with van der Waals surface area (Å²) in [6.07, 6.45) is 2.08. The van der Waals surface area contributed by atoms with E-state index in [0.29, 0.717) is 31.0 Å². The van der Waals surface area contributed by atoms with Gasteiger partial charge in [-0.1, -0.05) is 29.8 Å². The summed E-state index contributed by atoms with van der Waals surface area (Å²) >= 11 is 6.22. The van der Waals surface area contributed by atoms with E-state index in [4.69, 9.17) is 16.3 Å². The summed E-state index contributed by atoms with van der Waals surface area (Å²) in [6, 6.07) is 4.85. The molecular formula is C23H28Cl2N4O6S. The van der Waals surface area contributed by atoms with Crippen LogP contribution >= 0.6 is 24.0 Å². The van der Waals surface area contributed by atoms with Gasteiger partial charge in [0.05, 0.1) is 17.8 Å². The van der Waals surface area contributed by atoms with E-state index >= 15 is 0 Å². The number of nitrogens with one attached hydrogen (secondary N) is 3. The molecule has 2 aliphatic carbocycles. The maximum absolute atomic E-state index is 12.9. The standard InChI is InChI=1S/C23H27ClN4O6S.ClH/c1-2-14-9-23(14,21(30)27-35(32,33)16-6-7-16)26-20(29)19-8-15(10-25-19)34-22(31)28-11-13-4-3-5-18(24)17(13)12-28;/h2-5,14-16,19,25H,1,6-12H2,(H,26,29)(H,27,30);1H/t14-,15?,19?,23-;/m1./s1. The largest absolute Gasteiger partial charge is 0.445 e. The fourth-order valence-corrected chi connectivity index (χ4v) is 6.36. The topological polar surface area (TPSA) is 134 Å². The molecule has 0 aromatic heterocycles. The minimum atomic E-state index is -3.74. The van der Waals surface area contributed by atoms with Crippen molar-refractivity contribution >= 4 is 51.9 Å². The number of nitrogens with zero attached hydrogens (tertiary/aromatic N) is 1. The highest BCUT2D eigenvalue weighted by Gasteiger charge is 2.61. The van der Waals surface area contributed by atoms with Crippen molar-refractivity contribution in [3.63, 3.8) is 0 Å². The molecule has 10 nitrogen and oxygen atoms in total. The van der Waals surface area contributed by atoms with Crippen LogP contribution in [0.3, 0.4) is 0 Å². The van der Waals surface area contributed by atoms with Crippen molar-refractivity contribution in [1.29, 1.82) is 0 Å². The lowest BCUT2D eigenvalue weighted by Gasteiger charge is -2.21. The second kappa shape index (κ2) is 9.85. The van der Waals surface area contributed by atoms with E-state index in [1.54, 1.807) is 11.0 Å². The van der Waals surface area contributed by atoms with Crippen molar-refractivity contribution in [2.75, 3.05) is 6.54 Å². The Labute approximate surface area is 220 Å². The predicted molar refractivity (Wildman–Crippen MR) is 134 cm³/mol. The molecule has 36 heavy (non-hydrogen) atoms. The quantitative estimate of drug-likeness (QED) is 0.433. The van der Waals surface area contributed by atoms with Crippen LogP contribution in [0, 0.1) is 5.92 Å². The number of benzene rings is 1. The van der Waals surface area contributed by atoms with Gasteiger partial charge in [-0.15, -0.1) is 19.0 Å². The molecule has 0 radical (unpaired) electrons. The summed E-state index contributed by atoms with van der Waals surface area (Å²) in [6.45, 7) is 4.74. The number of fused-ring (bicyclic) bond motifs is 1. The molecule has 2 unspecified atom stereocenters. The third-order valence-electron chi connectivity index (χ3n) is 7.11. The number of amides is 3. The predicted octanol–water partition coefficient (Wildman–Crippen LogP) is 1.61. The number of sulfonamides is 1. The van der Waals surface area contributed by atoms with Crippen LogP contribution in [0.15, 0.2) is 30.9 Å². The van der Waals surface area contributed by atoms with Gasteiger partial charge in [0.2, 0.25) is 15.9 Å². The van der Waals surface area contributed by atoms with Crippen LogP contribution in [0.4, 0.5) is 4.79 Å². The number of carbonyl (C=O) groups excluding carboxylic acids is 3. The molecule has 1 saturated heterocycles. The van der Waals surface area contributed by atoms with E-state index in [0.717, 1.165) is 11.1 Å². The average molecular weight is 559 g/mol. The van der Waals surface area contributed by atoms with Crippen molar-refractivity contribution in [3.05, 3.63) is 47.0 Å². The number of halogens is 2. The van der Waals surface area contributed by atoms with Gasteiger partial charge in [-0.2, -0.15) is 0 Å². The normalized spacial score (nSPS) is 28.5. The molecule has 3 N–H and O–H groups in total. The van der Waals surface area contributed by atoms with Crippen molar-refractivity contribution in [2.24, 2.45) is 5.92 Å². The Morgan fingerprint density at radius 2 is 2.00 bits per heavy atom. The van der Waals surface area contributed by atoms with Gasteiger partial charge in [-0.05, 0) is 36.5 Å². The zero-order valence-electron chi connectivity index (χ0n) is 19.4. The van der Waals surface area contributed by atoms with Crippen molar-refractivity contribution in [1.82, 2.24) is 20.3 Å². The van der Waals surface area contributed by atoms with Gasteiger partial charge < -0.3 is 15.4 Å². The summed E-state index contributed by atoms with van der Waals surface area (Å²) < 4.78 is 32.2. The third-order valence-corrected chi connectivity index (χ3v) is 9.28. The van der Waals surface area contributed by atoms with E-state index in [2.05, 4.69) is 21.9 Å². The van der Waals surface area contributed by atoms with Crippen LogP contribution in [-0.4, -0.2) is 60.7 Å². The fraction of sp³-hybridized carbons (Fsp3) is 0.522. The second-order valence-corrected chi connectivity index (χ2v) is 12.0. The van der Waals surface area contributed by atoms with Crippen molar-refractivity contribution in [2.45, 2.75) is 61.7 Å². The van der Waals surface area contributed by atoms with E-state index in [9.17, 15) is 22.8 Å². The van der Waals surface area contributed by atoms with Crippen LogP contribution in [-0.2, 0) is 37.4 Å². The molecule has 4 aliphatic rings. The number of rotatable bonds is 7. The number of hydrogen-bond acceptors (Lipinski definition) is 7. The van der Waals surface area contributed by atoms with Gasteiger partial charge in [0, 0.05) is 30.5 Å². The zero-order chi connectivity index (χ0) is 25.0. The van der Waals surface area contributed by atoms with E-state index in [1.807, 2.05) is 12.1 Å². The van der Waals surface area contributed by atoms with Crippen LogP contribution in [0.1, 0.15) is 36.8 Å². The molecule has 4 atom stereocenters. The maximum atomic E-state index is 12.9. The summed E-state index contributed by atoms with van der Waals surface area (Å²) in [7, 11) is -3.74. The lowest BCUT2D eigenvalue weighted by Crippen LogP contribution is -2.55. The Balaban J connectivity index is 0.00000304. The van der Waals surface area contributed by atoms with Gasteiger partial charge >= 0.3 is 6.09 Å². The van der Waals surface area contributed by atoms with Crippen molar-refractivity contribution < 1.29 is 27.5 Å². The molecule has 0 bridgehead atoms. The number of ether oxygens (including phenoxy) is 1. The average Bonchev–Trinajstić information content (AvgIpc) is 3.69. The van der Waals surface area contributed by atoms with Gasteiger partial charge in [-0.3, -0.25) is 19.2 Å². The second-order valence-electron chi connectivity index (χ2n) is 9.62. The Bertz CT molecular complexity index is 1210. The fourth-order valence-electron chi connectivity index (χ4n) is 4.74. The molecule has 5 rings (SSSR count). The summed E-state index contributed by atoms with van der Waals surface area (Å²) in [5.74, 6) is -1.55. The third kappa shape index (κ3) is 5.06. The molecular weight excluding hydrogens is 531 g/mol. The van der Waals surface area contributed by atoms with Gasteiger partial charge in [-0.25, -0.2) is 13.2 Å². The molecule has 2 heterocycles. The molecule has 2 aliphatic heterocycles. The molecule has 1 aromatic carbocycles. The molecule has 1 aromatic rings. The molecule has 13 heteroatoms. The van der Waals surface area contributed by atoms with E-state index in [1.165, 1.54) is 6.08 Å². The first-order chi connectivity index (χ1) is 16.6. The van der Waals surface area contributed by atoms with Crippen LogP contribution in [0.5, 0.6) is 0 Å². The molecule has 2 saturated carbocycles. The highest BCUT2D eigenvalue weighted by Crippen LogP contribution is 2.45. The Morgan fingerprint density at radius 1 is 1.25 bits per heavy atom. The van der Waals surface area contributed by atoms with Gasteiger partial charge in [0.1, 0.15) is 11.6 Å². The minimum Gasteiger partial charge on any atom is -0.445 e. The van der Waals surface area contributed by atoms with E-state index < -0.39 is 50.9 Å². The first-order valence-corrected chi connectivity index (χ1v) is 13.5. The minimum absolute atomic E-state index is 0. The molecule has 196 valence electrons. The monoisotopic (exact) mass is 558 g/mol. The smallest absolute Gasteiger partial charge is 0.410 e. The first kappa shape index (κ1) is 26.7. The van der Waals surface area contributed by atoms with Crippen LogP contribution in [0.25, 0.3) is 0 Å². The molecule has 0 spiro atoms. The number of carbonyl (C=O) groups is 3. The van der Waals surface area contributed by atoms with E-state index in [-0.39, 0.29) is 37.7 Å². The van der Waals surface area contributed by atoms with Gasteiger partial charge in [0.15, 0.2) is 0 Å². The first-order valence-electron chi connectivity index (χ1n) is 11.6. The van der Waals surface area contributed by atoms with Crippen molar-refractivity contribution in [3.8, 4) is 0 Å². The Morgan fingerprint density at radius 3 is 2.64 bits per heavy atom. The lowest BCUT2D eigenvalue weighted by molar-refractivity contribution is -0.130. The molecule has 3 fully saturated rings. The summed E-state index contributed by atoms with van der Waals surface area (Å²) in [5, 5.41) is 5.81. The Kier molecular flexibility index (Phi) is 7.31. The SMILES string of the molecule is C=C[C@@H]1C[C@]1(NC(=O)C1CC(OC(=O)N2Cc3cccc(Cl)c3C2)CN1)C(=O)NS(=O)(=O)C1CC1.Cl. The highest BCUT2D eigenvalue weighted by molar-refractivity contribution is 7.91.